The van der Waals surface area contributed by atoms with Gasteiger partial charge in [0.2, 0.25) is 0 Å². The Morgan fingerprint density at radius 1 is 0.800 bits per heavy atom. The Labute approximate surface area is 180 Å². The largest absolute Gasteiger partial charge is 0.0620 e. The monoisotopic (exact) mass is 390 g/mol. The molecule has 5 atom stereocenters. The standard InChI is InChI=1S/C30H30/c1-2-19-9-3-4-11-22(19)26-18-21-17-20-10-7-16-27(20)30(21)28-15-6-5-12-23(28)24-13-8-14-25(26)29(24)30/h3-6,8-9,11-15,20-21,26-27H,2,7,10,16-18H2,1H3/t20?,21-,26?,27?,30+/m1/s1. The van der Waals surface area contributed by atoms with Gasteiger partial charge in [0.1, 0.15) is 0 Å². The van der Waals surface area contributed by atoms with Crippen LogP contribution in [0.3, 0.4) is 0 Å². The smallest absolute Gasteiger partial charge is 0.0277 e. The Balaban J connectivity index is 1.54. The first-order chi connectivity index (χ1) is 14.8. The molecule has 2 saturated carbocycles. The maximum Gasteiger partial charge on any atom is 0.0277 e. The van der Waals surface area contributed by atoms with Gasteiger partial charge in [0.05, 0.1) is 0 Å². The molecule has 0 saturated heterocycles. The third kappa shape index (κ3) is 1.94. The van der Waals surface area contributed by atoms with Gasteiger partial charge in [-0.1, -0.05) is 86.5 Å². The van der Waals surface area contributed by atoms with Gasteiger partial charge in [0.15, 0.2) is 0 Å². The van der Waals surface area contributed by atoms with Crippen LogP contribution >= 0.6 is 0 Å². The highest BCUT2D eigenvalue weighted by Crippen LogP contribution is 2.71. The van der Waals surface area contributed by atoms with E-state index < -0.39 is 0 Å². The Morgan fingerprint density at radius 3 is 2.53 bits per heavy atom. The lowest BCUT2D eigenvalue weighted by Crippen LogP contribution is -2.41. The van der Waals surface area contributed by atoms with Crippen molar-refractivity contribution in [1.82, 2.24) is 0 Å². The van der Waals surface area contributed by atoms with Crippen molar-refractivity contribution in [2.75, 3.05) is 0 Å². The van der Waals surface area contributed by atoms with Crippen LogP contribution in [0.15, 0.2) is 66.7 Å². The molecule has 0 radical (unpaired) electrons. The minimum atomic E-state index is 0.293. The van der Waals surface area contributed by atoms with E-state index in [0.29, 0.717) is 11.3 Å². The number of aryl methyl sites for hydroxylation is 1. The molecule has 0 heterocycles. The molecule has 30 heavy (non-hydrogen) atoms. The molecule has 0 amide bonds. The molecule has 3 aromatic carbocycles. The van der Waals surface area contributed by atoms with Crippen molar-refractivity contribution in [1.29, 1.82) is 0 Å². The summed E-state index contributed by atoms with van der Waals surface area (Å²) < 4.78 is 0. The number of benzene rings is 3. The van der Waals surface area contributed by atoms with Crippen molar-refractivity contribution in [2.45, 2.75) is 56.8 Å². The minimum Gasteiger partial charge on any atom is -0.0620 e. The van der Waals surface area contributed by atoms with Crippen LogP contribution < -0.4 is 0 Å². The average molecular weight is 391 g/mol. The molecular weight excluding hydrogens is 360 g/mol. The van der Waals surface area contributed by atoms with E-state index in [1.807, 2.05) is 0 Å². The number of rotatable bonds is 2. The lowest BCUT2D eigenvalue weighted by Gasteiger charge is -2.46. The molecule has 0 aromatic heterocycles. The predicted molar refractivity (Wildman–Crippen MR) is 124 cm³/mol. The summed E-state index contributed by atoms with van der Waals surface area (Å²) in [6.45, 7) is 2.32. The van der Waals surface area contributed by atoms with Crippen LogP contribution in [0.2, 0.25) is 0 Å². The van der Waals surface area contributed by atoms with E-state index in [1.54, 1.807) is 33.4 Å². The second-order valence-electron chi connectivity index (χ2n) is 10.3. The van der Waals surface area contributed by atoms with Gasteiger partial charge in [-0.05, 0) is 82.4 Å². The second kappa shape index (κ2) is 6.10. The summed E-state index contributed by atoms with van der Waals surface area (Å²) in [5.41, 5.74) is 11.6. The van der Waals surface area contributed by atoms with Crippen molar-refractivity contribution in [3.63, 3.8) is 0 Å². The highest BCUT2D eigenvalue weighted by atomic mass is 14.7. The maximum atomic E-state index is 2.49. The first-order valence-electron chi connectivity index (χ1n) is 12.1. The van der Waals surface area contributed by atoms with Crippen molar-refractivity contribution in [3.05, 3.63) is 94.5 Å². The fraction of sp³-hybridized carbons (Fsp3) is 0.400. The zero-order valence-corrected chi connectivity index (χ0v) is 17.9. The Morgan fingerprint density at radius 2 is 1.60 bits per heavy atom. The molecule has 0 heteroatoms. The van der Waals surface area contributed by atoms with E-state index in [-0.39, 0.29) is 0 Å². The van der Waals surface area contributed by atoms with Crippen molar-refractivity contribution < 1.29 is 0 Å². The van der Waals surface area contributed by atoms with E-state index in [0.717, 1.165) is 24.2 Å². The number of hydrogen-bond donors (Lipinski definition) is 0. The van der Waals surface area contributed by atoms with Crippen LogP contribution in [0.1, 0.15) is 72.8 Å². The van der Waals surface area contributed by atoms with Gasteiger partial charge in [-0.3, -0.25) is 0 Å². The van der Waals surface area contributed by atoms with Crippen LogP contribution in [0.5, 0.6) is 0 Å². The van der Waals surface area contributed by atoms with Crippen molar-refractivity contribution >= 4 is 0 Å². The third-order valence-electron chi connectivity index (χ3n) is 9.36. The number of fused-ring (bicyclic) bond motifs is 3. The van der Waals surface area contributed by atoms with Gasteiger partial charge < -0.3 is 0 Å². The highest BCUT2D eigenvalue weighted by Gasteiger charge is 2.63. The van der Waals surface area contributed by atoms with Crippen LogP contribution in [0.25, 0.3) is 11.1 Å². The predicted octanol–water partition coefficient (Wildman–Crippen LogP) is 7.49. The lowest BCUT2D eigenvalue weighted by molar-refractivity contribution is 0.255. The Bertz CT molecular complexity index is 1150. The van der Waals surface area contributed by atoms with Gasteiger partial charge in [0.25, 0.3) is 0 Å². The molecule has 4 aliphatic rings. The zero-order chi connectivity index (χ0) is 19.9. The minimum absolute atomic E-state index is 0.293. The fourth-order valence-electron chi connectivity index (χ4n) is 8.53. The number of hydrogen-bond acceptors (Lipinski definition) is 0. The van der Waals surface area contributed by atoms with Gasteiger partial charge >= 0.3 is 0 Å². The Hall–Kier alpha value is -2.34. The van der Waals surface area contributed by atoms with Gasteiger partial charge in [0, 0.05) is 11.3 Å². The molecule has 3 aromatic rings. The zero-order valence-electron chi connectivity index (χ0n) is 17.9. The molecule has 4 aliphatic carbocycles. The van der Waals surface area contributed by atoms with E-state index in [1.165, 1.54) is 37.7 Å². The second-order valence-corrected chi connectivity index (χ2v) is 10.3. The fourth-order valence-corrected chi connectivity index (χ4v) is 8.53. The van der Waals surface area contributed by atoms with Crippen molar-refractivity contribution in [2.24, 2.45) is 17.8 Å². The SMILES string of the molecule is CCc1ccccc1C1C[C@H]2CC3CCCC3[C@]23c2ccccc2-c2cccc1c23. The van der Waals surface area contributed by atoms with E-state index in [9.17, 15) is 0 Å². The van der Waals surface area contributed by atoms with Gasteiger partial charge in [-0.2, -0.15) is 0 Å². The third-order valence-corrected chi connectivity index (χ3v) is 9.36. The molecule has 150 valence electrons. The molecular formula is C30H30. The normalized spacial score (nSPS) is 32.4. The summed E-state index contributed by atoms with van der Waals surface area (Å²) in [6.07, 6.45) is 8.22. The quantitative estimate of drug-likeness (QED) is 0.425. The van der Waals surface area contributed by atoms with Crippen LogP contribution in [0, 0.1) is 17.8 Å². The molecule has 0 N–H and O–H groups in total. The molecule has 0 aliphatic heterocycles. The molecule has 3 unspecified atom stereocenters. The molecule has 0 bridgehead atoms. The summed E-state index contributed by atoms with van der Waals surface area (Å²) in [6, 6.07) is 26.0. The summed E-state index contributed by atoms with van der Waals surface area (Å²) >= 11 is 0. The van der Waals surface area contributed by atoms with Crippen LogP contribution in [-0.4, -0.2) is 0 Å². The molecule has 1 spiro atoms. The molecule has 0 nitrogen and oxygen atoms in total. The highest BCUT2D eigenvalue weighted by molar-refractivity contribution is 5.84. The van der Waals surface area contributed by atoms with Gasteiger partial charge in [-0.15, -0.1) is 0 Å². The van der Waals surface area contributed by atoms with Crippen molar-refractivity contribution in [3.8, 4) is 11.1 Å². The summed E-state index contributed by atoms with van der Waals surface area (Å²) in [4.78, 5) is 0. The first kappa shape index (κ1) is 17.4. The average Bonchev–Trinajstić information content (AvgIpc) is 3.46. The van der Waals surface area contributed by atoms with E-state index in [2.05, 4.69) is 73.7 Å². The Kier molecular flexibility index (Phi) is 3.53. The summed E-state index contributed by atoms with van der Waals surface area (Å²) in [7, 11) is 0. The molecule has 2 fully saturated rings. The first-order valence-corrected chi connectivity index (χ1v) is 12.1. The summed E-state index contributed by atoms with van der Waals surface area (Å²) in [5, 5.41) is 0. The molecule has 7 rings (SSSR count). The lowest BCUT2D eigenvalue weighted by atomic mass is 9.56. The van der Waals surface area contributed by atoms with E-state index >= 15 is 0 Å². The van der Waals surface area contributed by atoms with Gasteiger partial charge in [-0.25, -0.2) is 0 Å². The summed E-state index contributed by atoms with van der Waals surface area (Å²) in [5.74, 6) is 3.14. The topological polar surface area (TPSA) is 0 Å². The van der Waals surface area contributed by atoms with Crippen LogP contribution in [0.4, 0.5) is 0 Å². The maximum absolute atomic E-state index is 2.49. The van der Waals surface area contributed by atoms with Crippen LogP contribution in [-0.2, 0) is 11.8 Å². The van der Waals surface area contributed by atoms with E-state index in [4.69, 9.17) is 0 Å².